The Morgan fingerprint density at radius 2 is 1.95 bits per heavy atom. The summed E-state index contributed by atoms with van der Waals surface area (Å²) >= 11 is 2.18. The maximum absolute atomic E-state index is 12.4. The molecule has 0 spiro atoms. The fourth-order valence-corrected chi connectivity index (χ4v) is 3.00. The summed E-state index contributed by atoms with van der Waals surface area (Å²) in [6, 6.07) is 7.58. The summed E-state index contributed by atoms with van der Waals surface area (Å²) in [6.45, 7) is 3.47. The highest BCUT2D eigenvalue weighted by Crippen LogP contribution is 2.22. The van der Waals surface area contributed by atoms with Gasteiger partial charge in [-0.2, -0.15) is 0 Å². The van der Waals surface area contributed by atoms with Crippen LogP contribution in [0.4, 0.5) is 0 Å². The molecule has 5 heteroatoms. The highest BCUT2D eigenvalue weighted by Gasteiger charge is 2.29. The van der Waals surface area contributed by atoms with E-state index in [2.05, 4.69) is 22.6 Å². The minimum absolute atomic E-state index is 0.0531. The number of piperidine rings is 1. The number of ether oxygens (including phenoxy) is 1. The van der Waals surface area contributed by atoms with Gasteiger partial charge < -0.3 is 9.64 Å². The van der Waals surface area contributed by atoms with Crippen molar-refractivity contribution in [2.24, 2.45) is 5.92 Å². The molecule has 0 aromatic heterocycles. The quantitative estimate of drug-likeness (QED) is 0.592. The van der Waals surface area contributed by atoms with Crippen molar-refractivity contribution in [3.63, 3.8) is 0 Å². The van der Waals surface area contributed by atoms with Crippen LogP contribution < -0.4 is 0 Å². The summed E-state index contributed by atoms with van der Waals surface area (Å²) in [5, 5.41) is 0. The Labute approximate surface area is 132 Å². The number of hydrogen-bond acceptors (Lipinski definition) is 3. The van der Waals surface area contributed by atoms with Crippen LogP contribution in [0.5, 0.6) is 0 Å². The third kappa shape index (κ3) is 3.50. The number of hydrogen-bond donors (Lipinski definition) is 0. The lowest BCUT2D eigenvalue weighted by molar-refractivity contribution is -0.149. The lowest BCUT2D eigenvalue weighted by Gasteiger charge is -2.31. The minimum atomic E-state index is -0.131. The Morgan fingerprint density at radius 1 is 1.30 bits per heavy atom. The van der Waals surface area contributed by atoms with Crippen LogP contribution in [0.1, 0.15) is 30.1 Å². The van der Waals surface area contributed by atoms with Gasteiger partial charge in [0, 0.05) is 16.7 Å². The fourth-order valence-electron chi connectivity index (χ4n) is 2.38. The number of carbonyl (C=O) groups excluding carboxylic acids is 2. The Morgan fingerprint density at radius 3 is 2.55 bits per heavy atom. The van der Waals surface area contributed by atoms with Crippen LogP contribution in [-0.4, -0.2) is 36.5 Å². The molecule has 20 heavy (non-hydrogen) atoms. The van der Waals surface area contributed by atoms with E-state index in [0.717, 1.165) is 9.13 Å². The summed E-state index contributed by atoms with van der Waals surface area (Å²) in [7, 11) is 0. The molecule has 1 aliphatic heterocycles. The first-order valence-corrected chi connectivity index (χ1v) is 7.91. The van der Waals surface area contributed by atoms with Gasteiger partial charge in [0.05, 0.1) is 18.1 Å². The third-order valence-electron chi connectivity index (χ3n) is 3.51. The maximum atomic E-state index is 12.4. The molecule has 1 aliphatic rings. The van der Waals surface area contributed by atoms with Gasteiger partial charge in [-0.15, -0.1) is 0 Å². The van der Waals surface area contributed by atoms with E-state index in [1.54, 1.807) is 0 Å². The van der Waals surface area contributed by atoms with E-state index in [9.17, 15) is 9.59 Å². The first kappa shape index (κ1) is 15.3. The highest BCUT2D eigenvalue weighted by molar-refractivity contribution is 14.1. The van der Waals surface area contributed by atoms with Crippen molar-refractivity contribution in [2.45, 2.75) is 19.8 Å². The topological polar surface area (TPSA) is 46.6 Å². The summed E-state index contributed by atoms with van der Waals surface area (Å²) < 4.78 is 6.00. The molecular formula is C15H18INO3. The Kier molecular flexibility index (Phi) is 5.39. The molecule has 1 aromatic carbocycles. The molecule has 0 unspecified atom stereocenters. The Hall–Kier alpha value is -1.11. The van der Waals surface area contributed by atoms with E-state index in [0.29, 0.717) is 32.5 Å². The molecular weight excluding hydrogens is 369 g/mol. The van der Waals surface area contributed by atoms with Crippen LogP contribution in [-0.2, 0) is 9.53 Å². The number of amides is 1. The SMILES string of the molecule is CCOC(=O)C1CCN(C(=O)c2ccccc2I)CC1. The first-order chi connectivity index (χ1) is 9.63. The van der Waals surface area contributed by atoms with Crippen molar-refractivity contribution >= 4 is 34.5 Å². The normalized spacial score (nSPS) is 16.0. The number of nitrogens with zero attached hydrogens (tertiary/aromatic N) is 1. The van der Waals surface area contributed by atoms with Crippen molar-refractivity contribution in [3.05, 3.63) is 33.4 Å². The average Bonchev–Trinajstić information content (AvgIpc) is 2.47. The van der Waals surface area contributed by atoms with E-state index >= 15 is 0 Å². The number of benzene rings is 1. The second-order valence-electron chi connectivity index (χ2n) is 4.80. The van der Waals surface area contributed by atoms with Gasteiger partial charge in [0.25, 0.3) is 5.91 Å². The molecule has 2 rings (SSSR count). The van der Waals surface area contributed by atoms with Gasteiger partial charge in [0.2, 0.25) is 0 Å². The molecule has 1 amide bonds. The lowest BCUT2D eigenvalue weighted by atomic mass is 9.96. The third-order valence-corrected chi connectivity index (χ3v) is 4.45. The first-order valence-electron chi connectivity index (χ1n) is 6.84. The molecule has 0 aliphatic carbocycles. The Balaban J connectivity index is 1.96. The monoisotopic (exact) mass is 387 g/mol. The van der Waals surface area contributed by atoms with Crippen molar-refractivity contribution < 1.29 is 14.3 Å². The zero-order valence-electron chi connectivity index (χ0n) is 11.5. The van der Waals surface area contributed by atoms with Gasteiger partial charge in [-0.25, -0.2) is 0 Å². The van der Waals surface area contributed by atoms with Crippen LogP contribution in [0.3, 0.4) is 0 Å². The molecule has 0 bridgehead atoms. The van der Waals surface area contributed by atoms with Gasteiger partial charge in [0.1, 0.15) is 0 Å². The van der Waals surface area contributed by atoms with Crippen LogP contribution in [0.15, 0.2) is 24.3 Å². The van der Waals surface area contributed by atoms with Crippen LogP contribution >= 0.6 is 22.6 Å². The highest BCUT2D eigenvalue weighted by atomic mass is 127. The van der Waals surface area contributed by atoms with Crippen LogP contribution in [0.25, 0.3) is 0 Å². The van der Waals surface area contributed by atoms with Gasteiger partial charge in [-0.1, -0.05) is 12.1 Å². The molecule has 0 N–H and O–H groups in total. The second-order valence-corrected chi connectivity index (χ2v) is 5.96. The number of rotatable bonds is 3. The molecule has 1 aromatic rings. The summed E-state index contributed by atoms with van der Waals surface area (Å²) in [5.41, 5.74) is 0.739. The lowest BCUT2D eigenvalue weighted by Crippen LogP contribution is -2.40. The molecule has 0 saturated carbocycles. The number of halogens is 1. The zero-order valence-corrected chi connectivity index (χ0v) is 13.6. The zero-order chi connectivity index (χ0) is 14.5. The second kappa shape index (κ2) is 7.06. The molecule has 1 saturated heterocycles. The molecule has 0 atom stereocenters. The van der Waals surface area contributed by atoms with Crippen LogP contribution in [0, 0.1) is 9.49 Å². The van der Waals surface area contributed by atoms with E-state index in [1.807, 2.05) is 36.1 Å². The van der Waals surface area contributed by atoms with E-state index in [-0.39, 0.29) is 17.8 Å². The fraction of sp³-hybridized carbons (Fsp3) is 0.467. The summed E-state index contributed by atoms with van der Waals surface area (Å²) in [6.07, 6.45) is 1.38. The molecule has 1 fully saturated rings. The summed E-state index contributed by atoms with van der Waals surface area (Å²) in [5.74, 6) is -0.139. The van der Waals surface area contributed by atoms with Crippen molar-refractivity contribution in [1.82, 2.24) is 4.90 Å². The van der Waals surface area contributed by atoms with Crippen molar-refractivity contribution in [1.29, 1.82) is 0 Å². The van der Waals surface area contributed by atoms with Gasteiger partial charge >= 0.3 is 5.97 Å². The molecule has 108 valence electrons. The minimum Gasteiger partial charge on any atom is -0.466 e. The average molecular weight is 387 g/mol. The van der Waals surface area contributed by atoms with E-state index < -0.39 is 0 Å². The van der Waals surface area contributed by atoms with Crippen LogP contribution in [0.2, 0.25) is 0 Å². The predicted octanol–water partition coefficient (Wildman–Crippen LogP) is 2.71. The molecule has 4 nitrogen and oxygen atoms in total. The predicted molar refractivity (Wildman–Crippen MR) is 84.4 cm³/mol. The van der Waals surface area contributed by atoms with Crippen molar-refractivity contribution in [2.75, 3.05) is 19.7 Å². The number of esters is 1. The Bertz CT molecular complexity index is 496. The molecule has 1 heterocycles. The van der Waals surface area contributed by atoms with Gasteiger partial charge in [-0.05, 0) is 54.5 Å². The largest absolute Gasteiger partial charge is 0.466 e. The molecule has 0 radical (unpaired) electrons. The van der Waals surface area contributed by atoms with Crippen molar-refractivity contribution in [3.8, 4) is 0 Å². The smallest absolute Gasteiger partial charge is 0.309 e. The standard InChI is InChI=1S/C15H18INO3/c1-2-20-15(19)11-7-9-17(10-8-11)14(18)12-5-3-4-6-13(12)16/h3-6,11H,2,7-10H2,1H3. The van der Waals surface area contributed by atoms with Gasteiger partial charge in [0.15, 0.2) is 0 Å². The van der Waals surface area contributed by atoms with Gasteiger partial charge in [-0.3, -0.25) is 9.59 Å². The summed E-state index contributed by atoms with van der Waals surface area (Å²) in [4.78, 5) is 25.9. The number of carbonyl (C=O) groups is 2. The maximum Gasteiger partial charge on any atom is 0.309 e. The number of likely N-dealkylation sites (tertiary alicyclic amines) is 1. The van der Waals surface area contributed by atoms with E-state index in [4.69, 9.17) is 4.74 Å². The van der Waals surface area contributed by atoms with E-state index in [1.165, 1.54) is 0 Å².